The molecule has 0 amide bonds. The van der Waals surface area contributed by atoms with Crippen LogP contribution in [0.4, 0.5) is 0 Å². The zero-order valence-electron chi connectivity index (χ0n) is 15.0. The van der Waals surface area contributed by atoms with Crippen LogP contribution >= 0.6 is 0 Å². The van der Waals surface area contributed by atoms with Crippen LogP contribution in [0.3, 0.4) is 0 Å². The predicted molar refractivity (Wildman–Crippen MR) is 98.9 cm³/mol. The average Bonchev–Trinajstić information content (AvgIpc) is 2.72. The fourth-order valence-electron chi connectivity index (χ4n) is 3.58. The molecule has 2 aliphatic rings. The van der Waals surface area contributed by atoms with Crippen LogP contribution in [0, 0.1) is 5.92 Å². The van der Waals surface area contributed by atoms with Crippen LogP contribution in [-0.2, 0) is 20.8 Å². The van der Waals surface area contributed by atoms with E-state index in [1.807, 2.05) is 36.4 Å². The first kappa shape index (κ1) is 17.5. The summed E-state index contributed by atoms with van der Waals surface area (Å²) < 4.78 is 24.0. The Hall–Kier alpha value is -1.88. The highest BCUT2D eigenvalue weighted by atomic mass is 16.7. The van der Waals surface area contributed by atoms with E-state index in [-0.39, 0.29) is 18.3 Å². The standard InChI is InChI=1S/C22H26O4/c1-2-8-17(9-3-1)14-26-22-18(16-25-21-12-6-7-13-23-21)15-24-20-11-5-4-10-19(20)22/h1-5,8-11,18,21-22H,6-7,12-16H2. The third kappa shape index (κ3) is 4.26. The van der Waals surface area contributed by atoms with Gasteiger partial charge in [-0.25, -0.2) is 0 Å². The fourth-order valence-corrected chi connectivity index (χ4v) is 3.58. The summed E-state index contributed by atoms with van der Waals surface area (Å²) in [5.41, 5.74) is 2.28. The van der Waals surface area contributed by atoms with E-state index in [4.69, 9.17) is 18.9 Å². The van der Waals surface area contributed by atoms with Gasteiger partial charge in [0.2, 0.25) is 0 Å². The molecule has 0 bridgehead atoms. The van der Waals surface area contributed by atoms with Crippen LogP contribution in [0.1, 0.15) is 36.5 Å². The number of ether oxygens (including phenoxy) is 4. The highest BCUT2D eigenvalue weighted by molar-refractivity contribution is 5.37. The quantitative estimate of drug-likeness (QED) is 0.765. The molecule has 1 fully saturated rings. The van der Waals surface area contributed by atoms with Crippen molar-refractivity contribution in [2.24, 2.45) is 5.92 Å². The minimum atomic E-state index is -0.0873. The normalized spacial score (nSPS) is 25.3. The SMILES string of the molecule is c1ccc(COC2c3ccccc3OCC2COC2CCCCO2)cc1. The van der Waals surface area contributed by atoms with Crippen LogP contribution in [0.2, 0.25) is 0 Å². The summed E-state index contributed by atoms with van der Waals surface area (Å²) in [5, 5.41) is 0. The maximum absolute atomic E-state index is 6.35. The molecule has 0 N–H and O–H groups in total. The van der Waals surface area contributed by atoms with Gasteiger partial charge in [-0.15, -0.1) is 0 Å². The number of benzene rings is 2. The third-order valence-electron chi connectivity index (χ3n) is 5.01. The highest BCUT2D eigenvalue weighted by Gasteiger charge is 2.32. The Morgan fingerprint density at radius 3 is 2.62 bits per heavy atom. The lowest BCUT2D eigenvalue weighted by atomic mass is 9.93. The smallest absolute Gasteiger partial charge is 0.157 e. The van der Waals surface area contributed by atoms with E-state index >= 15 is 0 Å². The van der Waals surface area contributed by atoms with E-state index in [9.17, 15) is 0 Å². The van der Waals surface area contributed by atoms with Gasteiger partial charge < -0.3 is 18.9 Å². The van der Waals surface area contributed by atoms with Crippen LogP contribution in [0.25, 0.3) is 0 Å². The Kier molecular flexibility index (Phi) is 5.85. The second kappa shape index (κ2) is 8.67. The fraction of sp³-hybridized carbons (Fsp3) is 0.455. The second-order valence-electron chi connectivity index (χ2n) is 6.96. The zero-order valence-corrected chi connectivity index (χ0v) is 15.0. The lowest BCUT2D eigenvalue weighted by molar-refractivity contribution is -0.181. The molecule has 2 aromatic carbocycles. The van der Waals surface area contributed by atoms with Gasteiger partial charge in [0.15, 0.2) is 6.29 Å². The van der Waals surface area contributed by atoms with Crippen molar-refractivity contribution in [2.45, 2.75) is 38.3 Å². The molecule has 0 saturated carbocycles. The van der Waals surface area contributed by atoms with E-state index in [1.54, 1.807) is 0 Å². The number of fused-ring (bicyclic) bond motifs is 1. The molecular formula is C22H26O4. The third-order valence-corrected chi connectivity index (χ3v) is 5.01. The molecule has 2 aliphatic heterocycles. The Balaban J connectivity index is 1.44. The van der Waals surface area contributed by atoms with Crippen molar-refractivity contribution in [2.75, 3.05) is 19.8 Å². The van der Waals surface area contributed by atoms with Crippen molar-refractivity contribution >= 4 is 0 Å². The Morgan fingerprint density at radius 1 is 0.923 bits per heavy atom. The number of hydrogen-bond acceptors (Lipinski definition) is 4. The number of para-hydroxylation sites is 1. The molecule has 4 heteroatoms. The Bertz CT molecular complexity index is 682. The molecule has 138 valence electrons. The summed E-state index contributed by atoms with van der Waals surface area (Å²) in [4.78, 5) is 0. The molecule has 0 spiro atoms. The van der Waals surface area contributed by atoms with Gasteiger partial charge in [-0.2, -0.15) is 0 Å². The summed E-state index contributed by atoms with van der Waals surface area (Å²) in [7, 11) is 0. The molecule has 0 radical (unpaired) electrons. The number of rotatable bonds is 6. The molecule has 1 saturated heterocycles. The van der Waals surface area contributed by atoms with E-state index in [0.717, 1.165) is 30.8 Å². The largest absolute Gasteiger partial charge is 0.493 e. The van der Waals surface area contributed by atoms with Crippen molar-refractivity contribution in [1.29, 1.82) is 0 Å². The first-order valence-corrected chi connectivity index (χ1v) is 9.50. The monoisotopic (exact) mass is 354 g/mol. The van der Waals surface area contributed by atoms with Crippen LogP contribution in [0.5, 0.6) is 5.75 Å². The zero-order chi connectivity index (χ0) is 17.6. The maximum atomic E-state index is 6.35. The Morgan fingerprint density at radius 2 is 1.77 bits per heavy atom. The van der Waals surface area contributed by atoms with E-state index in [2.05, 4.69) is 18.2 Å². The molecule has 3 unspecified atom stereocenters. The molecule has 4 rings (SSSR count). The first-order valence-electron chi connectivity index (χ1n) is 9.50. The van der Waals surface area contributed by atoms with Gasteiger partial charge in [0.25, 0.3) is 0 Å². The average molecular weight is 354 g/mol. The maximum Gasteiger partial charge on any atom is 0.157 e. The topological polar surface area (TPSA) is 36.9 Å². The molecule has 3 atom stereocenters. The lowest BCUT2D eigenvalue weighted by Gasteiger charge is -2.34. The van der Waals surface area contributed by atoms with Gasteiger partial charge in [-0.3, -0.25) is 0 Å². The van der Waals surface area contributed by atoms with E-state index in [1.165, 1.54) is 12.0 Å². The summed E-state index contributed by atoms with van der Waals surface area (Å²) in [6, 6.07) is 18.4. The predicted octanol–water partition coefficient (Wildman–Crippen LogP) is 4.50. The van der Waals surface area contributed by atoms with Gasteiger partial charge >= 0.3 is 0 Å². The minimum absolute atomic E-state index is 0.0382. The second-order valence-corrected chi connectivity index (χ2v) is 6.96. The molecule has 2 aromatic rings. The molecule has 4 nitrogen and oxygen atoms in total. The first-order chi connectivity index (χ1) is 12.9. The minimum Gasteiger partial charge on any atom is -0.493 e. The van der Waals surface area contributed by atoms with Crippen molar-refractivity contribution in [3.63, 3.8) is 0 Å². The van der Waals surface area contributed by atoms with Gasteiger partial charge in [0.1, 0.15) is 5.75 Å². The van der Waals surface area contributed by atoms with Crippen LogP contribution in [0.15, 0.2) is 54.6 Å². The van der Waals surface area contributed by atoms with Crippen molar-refractivity contribution < 1.29 is 18.9 Å². The molecular weight excluding hydrogens is 328 g/mol. The van der Waals surface area contributed by atoms with Crippen molar-refractivity contribution in [1.82, 2.24) is 0 Å². The van der Waals surface area contributed by atoms with Crippen molar-refractivity contribution in [3.05, 3.63) is 65.7 Å². The summed E-state index contributed by atoms with van der Waals surface area (Å²) >= 11 is 0. The lowest BCUT2D eigenvalue weighted by Crippen LogP contribution is -2.34. The van der Waals surface area contributed by atoms with Crippen LogP contribution < -0.4 is 4.74 Å². The summed E-state index contributed by atoms with van der Waals surface area (Å²) in [5.74, 6) is 1.06. The van der Waals surface area contributed by atoms with Crippen LogP contribution in [-0.4, -0.2) is 26.1 Å². The van der Waals surface area contributed by atoms with E-state index in [0.29, 0.717) is 19.8 Å². The van der Waals surface area contributed by atoms with Crippen molar-refractivity contribution in [3.8, 4) is 5.75 Å². The number of hydrogen-bond donors (Lipinski definition) is 0. The summed E-state index contributed by atoms with van der Waals surface area (Å²) in [6.07, 6.45) is 3.14. The molecule has 0 aliphatic carbocycles. The Labute approximate surface area is 155 Å². The molecule has 2 heterocycles. The summed E-state index contributed by atoms with van der Waals surface area (Å²) in [6.45, 7) is 2.56. The molecule has 26 heavy (non-hydrogen) atoms. The van der Waals surface area contributed by atoms with Gasteiger partial charge in [0.05, 0.1) is 25.9 Å². The van der Waals surface area contributed by atoms with Gasteiger partial charge in [-0.05, 0) is 30.9 Å². The molecule has 0 aromatic heterocycles. The van der Waals surface area contributed by atoms with Gasteiger partial charge in [0, 0.05) is 18.1 Å². The van der Waals surface area contributed by atoms with E-state index < -0.39 is 0 Å². The van der Waals surface area contributed by atoms with Gasteiger partial charge in [-0.1, -0.05) is 48.5 Å². The highest BCUT2D eigenvalue weighted by Crippen LogP contribution is 2.38.